The first-order valence-corrected chi connectivity index (χ1v) is 34.4. The smallest absolute Gasteiger partial charge is 0.406 e. The molecule has 29 nitrogen and oxygen atoms in total. The van der Waals surface area contributed by atoms with E-state index in [0.717, 1.165) is 25.7 Å². The van der Waals surface area contributed by atoms with E-state index < -0.39 is 148 Å². The zero-order chi connectivity index (χ0) is 68.5. The van der Waals surface area contributed by atoms with Crippen LogP contribution in [0.3, 0.4) is 0 Å². The Labute approximate surface area is 540 Å². The average Bonchev–Trinajstić information content (AvgIpc) is 1.58. The van der Waals surface area contributed by atoms with Gasteiger partial charge < -0.3 is 47.2 Å². The van der Waals surface area contributed by atoms with Gasteiger partial charge in [-0.25, -0.2) is 21.6 Å². The van der Waals surface area contributed by atoms with Crippen molar-refractivity contribution in [3.8, 4) is 0 Å². The summed E-state index contributed by atoms with van der Waals surface area (Å²) < 4.78 is 55.3. The Bertz CT molecular complexity index is 3540. The number of pyridine rings is 2. The number of sulfonamides is 2. The molecule has 0 radical (unpaired) electrons. The van der Waals surface area contributed by atoms with E-state index >= 15 is 0 Å². The van der Waals surface area contributed by atoms with Crippen molar-refractivity contribution in [1.29, 1.82) is 0 Å². The minimum Gasteiger partial charge on any atom is -0.473 e. The number of carboxylic acids is 1. The van der Waals surface area contributed by atoms with Gasteiger partial charge >= 0.3 is 23.3 Å². The van der Waals surface area contributed by atoms with Crippen LogP contribution in [0.2, 0.25) is 0 Å². The SMILES string of the molecule is C=CC1CC1(NC(=O)[C@@H]1C[C@@H](N)CN1C(=O)[C@@H](NC(=O)CC1CC1)C(C)(C)C)C(=O)NS(=O)(=O)C1CC1.C=CC1CC1(NC(=O)[C@@H]1C[C@@H](NC(=O)c2cccc[n+]2O)CN1C(=O)[C@@H](NC(=O)CC1CC1)C(C)(C)C)C(=O)NS(=O)(=O)C1CC1.O=C(O)c1cccc[n+]1O. The predicted octanol–water partition coefficient (Wildman–Crippen LogP) is -0.265. The number of amides is 9. The van der Waals surface area contributed by atoms with Crippen molar-refractivity contribution in [2.75, 3.05) is 13.1 Å². The summed E-state index contributed by atoms with van der Waals surface area (Å²) in [5.41, 5.74) is 1.58. The fourth-order valence-electron chi connectivity index (χ4n) is 11.5. The Morgan fingerprint density at radius 3 is 1.37 bits per heavy atom. The number of nitrogens with two attached hydrogens (primary N) is 1. The number of nitrogens with zero attached hydrogens (tertiary/aromatic N) is 4. The summed E-state index contributed by atoms with van der Waals surface area (Å²) >= 11 is 0. The molecule has 93 heavy (non-hydrogen) atoms. The van der Waals surface area contributed by atoms with Crippen molar-refractivity contribution >= 4 is 79.2 Å². The number of aromatic nitrogens is 2. The highest BCUT2D eigenvalue weighted by Crippen LogP contribution is 2.47. The number of carbonyl (C=O) groups excluding carboxylic acids is 9. The van der Waals surface area contributed by atoms with Crippen LogP contribution < -0.4 is 51.2 Å². The van der Waals surface area contributed by atoms with Gasteiger partial charge in [-0.3, -0.25) is 63.0 Å². The maximum Gasteiger partial charge on any atom is 0.406 e. The Kier molecular flexibility index (Phi) is 20.9. The van der Waals surface area contributed by atoms with Crippen molar-refractivity contribution < 1.29 is 89.8 Å². The highest BCUT2D eigenvalue weighted by molar-refractivity contribution is 7.91. The molecule has 508 valence electrons. The molecule has 31 heteroatoms. The minimum atomic E-state index is -3.90. The summed E-state index contributed by atoms with van der Waals surface area (Å²) in [6, 6.07) is 3.71. The lowest BCUT2D eigenvalue weighted by Gasteiger charge is -2.35. The highest BCUT2D eigenvalue weighted by atomic mass is 32.2. The van der Waals surface area contributed by atoms with Crippen LogP contribution in [-0.2, 0) is 58.4 Å². The van der Waals surface area contributed by atoms with Crippen molar-refractivity contribution in [3.63, 3.8) is 0 Å². The number of carbonyl (C=O) groups is 10. The average molecular weight is 1340 g/mol. The van der Waals surface area contributed by atoms with Crippen LogP contribution in [0.15, 0.2) is 74.1 Å². The number of nitrogens with one attached hydrogen (secondary N) is 7. The Morgan fingerprint density at radius 2 is 1.02 bits per heavy atom. The summed E-state index contributed by atoms with van der Waals surface area (Å²) in [6.45, 7) is 18.4. The van der Waals surface area contributed by atoms with Crippen LogP contribution in [0.1, 0.15) is 152 Å². The van der Waals surface area contributed by atoms with E-state index in [-0.39, 0.29) is 67.9 Å². The van der Waals surface area contributed by atoms with E-state index in [1.807, 2.05) is 20.8 Å². The molecule has 0 aromatic carbocycles. The molecule has 8 fully saturated rings. The molecule has 12 N–H and O–H groups in total. The lowest BCUT2D eigenvalue weighted by Crippen LogP contribution is -2.60. The van der Waals surface area contributed by atoms with Gasteiger partial charge in [0.05, 0.1) is 10.5 Å². The van der Waals surface area contributed by atoms with Crippen LogP contribution in [0.4, 0.5) is 0 Å². The highest BCUT2D eigenvalue weighted by Gasteiger charge is 2.63. The van der Waals surface area contributed by atoms with Gasteiger partial charge in [-0.2, -0.15) is 0 Å². The second kappa shape index (κ2) is 27.5. The number of aromatic carboxylic acids is 1. The normalized spacial score (nSPS) is 26.1. The summed E-state index contributed by atoms with van der Waals surface area (Å²) in [7, 11) is -7.70. The van der Waals surface area contributed by atoms with Gasteiger partial charge in [0.1, 0.15) is 35.2 Å². The second-order valence-electron chi connectivity index (χ2n) is 28.0. The molecular weight excluding hydrogens is 1250 g/mol. The minimum absolute atomic E-state index is 0.0364. The van der Waals surface area contributed by atoms with Crippen molar-refractivity contribution in [1.82, 2.24) is 45.8 Å². The summed E-state index contributed by atoms with van der Waals surface area (Å²) in [5, 5.41) is 40.0. The first-order chi connectivity index (χ1) is 43.4. The van der Waals surface area contributed by atoms with Gasteiger partial charge in [-0.1, -0.05) is 53.7 Å². The van der Waals surface area contributed by atoms with E-state index in [4.69, 9.17) is 16.0 Å². The molecule has 2 saturated heterocycles. The quantitative estimate of drug-likeness (QED) is 0.0388. The Balaban J connectivity index is 0.000000211. The number of hydrogen-bond donors (Lipinski definition) is 11. The topological polar surface area (TPSA) is 424 Å². The second-order valence-corrected chi connectivity index (χ2v) is 31.9. The molecule has 10 atom stereocenters. The molecule has 2 aromatic rings. The lowest BCUT2D eigenvalue weighted by atomic mass is 9.85. The summed E-state index contributed by atoms with van der Waals surface area (Å²) in [5.74, 6) is -6.46. The molecule has 0 spiro atoms. The van der Waals surface area contributed by atoms with Crippen molar-refractivity contribution in [3.05, 3.63) is 85.5 Å². The molecule has 8 aliphatic rings. The van der Waals surface area contributed by atoms with Gasteiger partial charge in [-0.05, 0) is 112 Å². The van der Waals surface area contributed by atoms with E-state index in [2.05, 4.69) is 49.2 Å². The van der Waals surface area contributed by atoms with E-state index in [9.17, 15) is 70.0 Å². The molecule has 2 aromatic heterocycles. The van der Waals surface area contributed by atoms with Crippen molar-refractivity contribution in [2.45, 2.75) is 189 Å². The third-order valence-electron chi connectivity index (χ3n) is 17.9. The molecule has 4 heterocycles. The van der Waals surface area contributed by atoms with Gasteiger partial charge in [0, 0.05) is 83.6 Å². The van der Waals surface area contributed by atoms with E-state index in [1.54, 1.807) is 26.8 Å². The largest absolute Gasteiger partial charge is 0.473 e. The van der Waals surface area contributed by atoms with Crippen molar-refractivity contribution in [2.24, 2.45) is 40.2 Å². The first-order valence-electron chi connectivity index (χ1n) is 31.4. The summed E-state index contributed by atoms with van der Waals surface area (Å²) in [6.07, 6.45) is 12.5. The number of hydrogen-bond acceptors (Lipinski definition) is 17. The van der Waals surface area contributed by atoms with Gasteiger partial charge in [0.2, 0.25) is 67.9 Å². The summed E-state index contributed by atoms with van der Waals surface area (Å²) in [4.78, 5) is 133. The number of rotatable bonds is 23. The monoisotopic (exact) mass is 1340 g/mol. The predicted molar refractivity (Wildman–Crippen MR) is 330 cm³/mol. The van der Waals surface area contributed by atoms with E-state index in [1.165, 1.54) is 64.7 Å². The van der Waals surface area contributed by atoms with Crippen LogP contribution >= 0.6 is 0 Å². The zero-order valence-electron chi connectivity index (χ0n) is 53.2. The van der Waals surface area contributed by atoms with Crippen LogP contribution in [0.25, 0.3) is 0 Å². The number of carboxylic acid groups (broad SMARTS) is 1. The van der Waals surface area contributed by atoms with Gasteiger partial charge in [0.15, 0.2) is 0 Å². The van der Waals surface area contributed by atoms with Gasteiger partial charge in [0.25, 0.3) is 11.8 Å². The molecule has 0 bridgehead atoms. The maximum absolute atomic E-state index is 14.2. The third kappa shape index (κ3) is 17.4. The van der Waals surface area contributed by atoms with E-state index in [0.29, 0.717) is 53.9 Å². The Morgan fingerprint density at radius 1 is 0.624 bits per heavy atom. The number of likely N-dealkylation sites (tertiary alicyclic amines) is 2. The molecule has 2 aliphatic heterocycles. The van der Waals surface area contributed by atoms with Crippen LogP contribution in [-0.4, -0.2) is 172 Å². The first kappa shape index (κ1) is 70.8. The van der Waals surface area contributed by atoms with Crippen LogP contribution in [0, 0.1) is 34.5 Å². The lowest BCUT2D eigenvalue weighted by molar-refractivity contribution is -0.906. The van der Waals surface area contributed by atoms with Gasteiger partial charge in [-0.15, -0.1) is 13.2 Å². The molecule has 6 saturated carbocycles. The fraction of sp³-hybridized carbons (Fsp3) is 0.613. The maximum atomic E-state index is 14.2. The molecular formula is C62H88N12O17S2+2. The molecule has 9 amide bonds. The van der Waals surface area contributed by atoms with Crippen LogP contribution in [0.5, 0.6) is 0 Å². The third-order valence-corrected chi connectivity index (χ3v) is 21.6. The molecule has 4 unspecified atom stereocenters. The zero-order valence-corrected chi connectivity index (χ0v) is 54.8. The molecule has 10 rings (SSSR count). The molecule has 6 aliphatic carbocycles. The fourth-order valence-corrected chi connectivity index (χ4v) is 14.3. The Hall–Kier alpha value is -8.06. The standard InChI is InChI=1S/C31H42N6O8S.C25H39N5O6S.C6H5NO3/c1-5-19-16-31(19,29(42)35-46(44,45)21-11-12-21)34-27(40)23-15-20(32-26(39)22-8-6-7-13-37(22)43)17-36(23)28(41)25(30(2,3)4)33-24(38)14-18-9-10-18;1-5-15-12-25(15,23(34)29-37(35,36)17-8-9-17)28-21(32)18-11-16(26)13-30(18)22(33)20(24(2,3)4)27-19(31)10-14-6-7-14;8-6(9)5-3-1-2-4-7(5)10/h5-8,13,18-21,23,25H,1,9-12,14-17H2,2-4H3,(H4-,32,33,34,35,38,39,40,42,43);5,14-18,20H,1,6-13,26H2,2-4H3,(H,27,31)(H,28,32)(H,29,34);1-4H,(H-,8,9,10)/p+2/t19?,20-,23+,25-,31?;15?,16-,18+,20-,25?;/m11./s1.